The van der Waals surface area contributed by atoms with Gasteiger partial charge in [0.05, 0.1) is 6.21 Å². The summed E-state index contributed by atoms with van der Waals surface area (Å²) in [5, 5.41) is 12.9. The predicted molar refractivity (Wildman–Crippen MR) is 113 cm³/mol. The van der Waals surface area contributed by atoms with E-state index in [0.29, 0.717) is 5.56 Å². The van der Waals surface area contributed by atoms with E-state index in [2.05, 4.69) is 39.8 Å². The number of thioether (sulfide) groups is 1. The van der Waals surface area contributed by atoms with Crippen molar-refractivity contribution in [2.75, 3.05) is 0 Å². The molecule has 0 radical (unpaired) electrons. The summed E-state index contributed by atoms with van der Waals surface area (Å²) in [5.41, 5.74) is 8.81. The number of rotatable bonds is 6. The van der Waals surface area contributed by atoms with Crippen molar-refractivity contribution in [2.24, 2.45) is 12.1 Å². The molecule has 0 aliphatic heterocycles. The first-order valence-corrected chi connectivity index (χ1v) is 9.89. The highest BCUT2D eigenvalue weighted by molar-refractivity contribution is 7.98. The molecule has 28 heavy (non-hydrogen) atoms. The maximum Gasteiger partial charge on any atom is 0.271 e. The third kappa shape index (κ3) is 4.86. The van der Waals surface area contributed by atoms with Gasteiger partial charge in [0.25, 0.3) is 5.91 Å². The highest BCUT2D eigenvalue weighted by Crippen LogP contribution is 2.20. The van der Waals surface area contributed by atoms with Crippen molar-refractivity contribution in [3.8, 4) is 0 Å². The number of nitrogens with zero attached hydrogens (tertiary/aromatic N) is 4. The van der Waals surface area contributed by atoms with Gasteiger partial charge in [0.2, 0.25) is 0 Å². The molecule has 0 saturated carbocycles. The summed E-state index contributed by atoms with van der Waals surface area (Å²) in [6, 6.07) is 11.7. The zero-order chi connectivity index (χ0) is 20.1. The molecular weight excluding hydrogens is 370 g/mol. The number of carbonyl (C=O) groups is 1. The second-order valence-electron chi connectivity index (χ2n) is 6.72. The van der Waals surface area contributed by atoms with Crippen LogP contribution in [-0.4, -0.2) is 26.9 Å². The SMILES string of the molecule is Cc1cc(C)c(/C=N\NC(=O)c2ccc(CSc3nncn3C)cc2)c(C)c1. The van der Waals surface area contributed by atoms with Crippen LogP contribution in [0.4, 0.5) is 0 Å². The predicted octanol–water partition coefficient (Wildman–Crippen LogP) is 3.80. The molecule has 0 spiro atoms. The van der Waals surface area contributed by atoms with Crippen LogP contribution in [0.15, 0.2) is 53.0 Å². The minimum absolute atomic E-state index is 0.230. The molecule has 2 aromatic carbocycles. The standard InChI is InChI=1S/C21H23N5OS/c1-14-9-15(2)19(16(3)10-14)11-22-24-20(27)18-7-5-17(6-8-18)12-28-21-25-23-13-26(21)4/h5-11,13H,12H2,1-4H3,(H,24,27)/b22-11-. The average Bonchev–Trinajstić information content (AvgIpc) is 3.07. The minimum atomic E-state index is -0.230. The van der Waals surface area contributed by atoms with Crippen LogP contribution in [0.2, 0.25) is 0 Å². The summed E-state index contributed by atoms with van der Waals surface area (Å²) in [7, 11) is 1.91. The Morgan fingerprint density at radius 1 is 1.18 bits per heavy atom. The van der Waals surface area contributed by atoms with Gasteiger partial charge in [0.1, 0.15) is 6.33 Å². The molecule has 0 fully saturated rings. The van der Waals surface area contributed by atoms with Gasteiger partial charge in [0.15, 0.2) is 5.16 Å². The van der Waals surface area contributed by atoms with Crippen molar-refractivity contribution in [3.05, 3.63) is 76.1 Å². The van der Waals surface area contributed by atoms with E-state index in [9.17, 15) is 4.79 Å². The molecule has 0 bridgehead atoms. The fraction of sp³-hybridized carbons (Fsp3) is 0.238. The lowest BCUT2D eigenvalue weighted by Crippen LogP contribution is -2.17. The van der Waals surface area contributed by atoms with Crippen molar-refractivity contribution >= 4 is 23.9 Å². The zero-order valence-electron chi connectivity index (χ0n) is 16.4. The number of aryl methyl sites for hydroxylation is 4. The van der Waals surface area contributed by atoms with Gasteiger partial charge in [-0.05, 0) is 49.6 Å². The monoisotopic (exact) mass is 393 g/mol. The fourth-order valence-corrected chi connectivity index (χ4v) is 3.76. The quantitative estimate of drug-likeness (QED) is 0.393. The summed E-state index contributed by atoms with van der Waals surface area (Å²) in [6.45, 7) is 6.15. The van der Waals surface area contributed by atoms with Crippen LogP contribution in [0.3, 0.4) is 0 Å². The van der Waals surface area contributed by atoms with Crippen molar-refractivity contribution in [2.45, 2.75) is 31.7 Å². The Hall–Kier alpha value is -2.93. The minimum Gasteiger partial charge on any atom is -0.312 e. The largest absolute Gasteiger partial charge is 0.312 e. The van der Waals surface area contributed by atoms with Crippen LogP contribution in [0.1, 0.15) is 38.2 Å². The molecule has 0 atom stereocenters. The Morgan fingerprint density at radius 3 is 2.46 bits per heavy atom. The van der Waals surface area contributed by atoms with Crippen LogP contribution in [0.25, 0.3) is 0 Å². The summed E-state index contributed by atoms with van der Waals surface area (Å²) < 4.78 is 1.88. The first-order chi connectivity index (χ1) is 13.4. The van der Waals surface area contributed by atoms with Gasteiger partial charge in [-0.1, -0.05) is 41.6 Å². The number of hydrogen-bond donors (Lipinski definition) is 1. The number of nitrogens with one attached hydrogen (secondary N) is 1. The highest BCUT2D eigenvalue weighted by Gasteiger charge is 2.06. The van der Waals surface area contributed by atoms with Crippen LogP contribution < -0.4 is 5.43 Å². The van der Waals surface area contributed by atoms with E-state index < -0.39 is 0 Å². The van der Waals surface area contributed by atoms with Crippen LogP contribution in [-0.2, 0) is 12.8 Å². The molecule has 0 unspecified atom stereocenters. The van der Waals surface area contributed by atoms with Crippen LogP contribution in [0, 0.1) is 20.8 Å². The smallest absolute Gasteiger partial charge is 0.271 e. The molecule has 1 aromatic heterocycles. The van der Waals surface area contributed by atoms with Crippen molar-refractivity contribution < 1.29 is 4.79 Å². The molecule has 1 N–H and O–H groups in total. The van der Waals surface area contributed by atoms with E-state index in [1.807, 2.05) is 37.6 Å². The van der Waals surface area contributed by atoms with Crippen LogP contribution >= 0.6 is 11.8 Å². The number of carbonyl (C=O) groups excluding carboxylic acids is 1. The molecule has 6 nitrogen and oxygen atoms in total. The van der Waals surface area contributed by atoms with E-state index >= 15 is 0 Å². The van der Waals surface area contributed by atoms with E-state index in [-0.39, 0.29) is 5.91 Å². The molecule has 7 heteroatoms. The van der Waals surface area contributed by atoms with E-state index in [0.717, 1.165) is 33.2 Å². The van der Waals surface area contributed by atoms with Crippen molar-refractivity contribution in [3.63, 3.8) is 0 Å². The Bertz CT molecular complexity index is 985. The Kier molecular flexibility index (Phi) is 6.26. The normalized spacial score (nSPS) is 11.1. The van der Waals surface area contributed by atoms with Gasteiger partial charge >= 0.3 is 0 Å². The molecule has 0 saturated heterocycles. The second-order valence-corrected chi connectivity index (χ2v) is 7.66. The molecule has 3 rings (SSSR count). The lowest BCUT2D eigenvalue weighted by atomic mass is 10.0. The van der Waals surface area contributed by atoms with Gasteiger partial charge in [-0.25, -0.2) is 5.43 Å². The third-order valence-corrected chi connectivity index (χ3v) is 5.46. The number of benzene rings is 2. The Labute approximate surface area is 169 Å². The van der Waals surface area contributed by atoms with E-state index in [4.69, 9.17) is 0 Å². The van der Waals surface area contributed by atoms with Crippen LogP contribution in [0.5, 0.6) is 0 Å². The van der Waals surface area contributed by atoms with Gasteiger partial charge < -0.3 is 4.57 Å². The average molecular weight is 394 g/mol. The number of hydrazone groups is 1. The lowest BCUT2D eigenvalue weighted by molar-refractivity contribution is 0.0955. The van der Waals surface area contributed by atoms with E-state index in [1.54, 1.807) is 36.4 Å². The van der Waals surface area contributed by atoms with Gasteiger partial charge in [0, 0.05) is 23.9 Å². The maximum absolute atomic E-state index is 12.3. The molecular formula is C21H23N5OS. The molecule has 144 valence electrons. The summed E-state index contributed by atoms with van der Waals surface area (Å²) in [4.78, 5) is 12.3. The topological polar surface area (TPSA) is 72.2 Å². The number of amides is 1. The summed E-state index contributed by atoms with van der Waals surface area (Å²) in [5.74, 6) is 0.532. The maximum atomic E-state index is 12.3. The number of hydrogen-bond acceptors (Lipinski definition) is 5. The summed E-state index contributed by atoms with van der Waals surface area (Å²) in [6.07, 6.45) is 3.38. The first-order valence-electron chi connectivity index (χ1n) is 8.91. The van der Waals surface area contributed by atoms with Gasteiger partial charge in [-0.15, -0.1) is 10.2 Å². The van der Waals surface area contributed by atoms with Crippen molar-refractivity contribution in [1.82, 2.24) is 20.2 Å². The fourth-order valence-electron chi connectivity index (χ4n) is 2.92. The molecule has 1 heterocycles. The van der Waals surface area contributed by atoms with Gasteiger partial charge in [-0.3, -0.25) is 4.79 Å². The van der Waals surface area contributed by atoms with Gasteiger partial charge in [-0.2, -0.15) is 5.10 Å². The molecule has 0 aliphatic carbocycles. The first kappa shape index (κ1) is 19.8. The summed E-state index contributed by atoms with van der Waals surface area (Å²) >= 11 is 1.60. The second kappa shape index (κ2) is 8.84. The zero-order valence-corrected chi connectivity index (χ0v) is 17.2. The molecule has 3 aromatic rings. The third-order valence-electron chi connectivity index (χ3n) is 4.35. The van der Waals surface area contributed by atoms with E-state index in [1.165, 1.54) is 5.56 Å². The van der Waals surface area contributed by atoms with Crippen molar-refractivity contribution in [1.29, 1.82) is 0 Å². The molecule has 0 aliphatic rings. The highest BCUT2D eigenvalue weighted by atomic mass is 32.2. The lowest BCUT2D eigenvalue weighted by Gasteiger charge is -2.07. The molecule has 1 amide bonds. The number of aromatic nitrogens is 3. The Balaban J connectivity index is 1.58. The Morgan fingerprint density at radius 2 is 1.86 bits per heavy atom.